The SMILES string of the molecule is Cc1noc(C)c1COc1cccc(C(=O)OCC(=O)N[C@@H]2CCC[C@@H](C)[C@@H]2C)c1. The van der Waals surface area contributed by atoms with Gasteiger partial charge in [0, 0.05) is 6.04 Å². The van der Waals surface area contributed by atoms with Crippen molar-refractivity contribution in [1.82, 2.24) is 10.5 Å². The molecule has 0 spiro atoms. The van der Waals surface area contributed by atoms with Crippen LogP contribution in [0, 0.1) is 25.7 Å². The molecule has 7 nitrogen and oxygen atoms in total. The summed E-state index contributed by atoms with van der Waals surface area (Å²) in [4.78, 5) is 24.6. The van der Waals surface area contributed by atoms with Crippen LogP contribution in [0.4, 0.5) is 0 Å². The lowest BCUT2D eigenvalue weighted by atomic mass is 9.78. The molecule has 0 aliphatic heterocycles. The lowest BCUT2D eigenvalue weighted by molar-refractivity contribution is -0.125. The summed E-state index contributed by atoms with van der Waals surface area (Å²) in [6, 6.07) is 6.84. The van der Waals surface area contributed by atoms with E-state index in [1.165, 1.54) is 6.42 Å². The predicted molar refractivity (Wildman–Crippen MR) is 111 cm³/mol. The van der Waals surface area contributed by atoms with Crippen molar-refractivity contribution in [3.05, 3.63) is 46.8 Å². The Kier molecular flexibility index (Phi) is 7.13. The van der Waals surface area contributed by atoms with E-state index in [-0.39, 0.29) is 18.6 Å². The van der Waals surface area contributed by atoms with Crippen molar-refractivity contribution in [2.75, 3.05) is 6.61 Å². The monoisotopic (exact) mass is 414 g/mol. The lowest BCUT2D eigenvalue weighted by Crippen LogP contribution is -2.45. The van der Waals surface area contributed by atoms with Gasteiger partial charge < -0.3 is 19.3 Å². The van der Waals surface area contributed by atoms with E-state index >= 15 is 0 Å². The number of amides is 1. The summed E-state index contributed by atoms with van der Waals surface area (Å²) < 4.78 is 16.1. The molecule has 1 fully saturated rings. The largest absolute Gasteiger partial charge is 0.489 e. The molecule has 1 aromatic carbocycles. The molecule has 0 saturated heterocycles. The van der Waals surface area contributed by atoms with Crippen LogP contribution in [0.15, 0.2) is 28.8 Å². The molecule has 3 atom stereocenters. The van der Waals surface area contributed by atoms with Crippen LogP contribution in [0.2, 0.25) is 0 Å². The summed E-state index contributed by atoms with van der Waals surface area (Å²) in [7, 11) is 0. The molecule has 7 heteroatoms. The van der Waals surface area contributed by atoms with E-state index < -0.39 is 5.97 Å². The molecule has 0 bridgehead atoms. The van der Waals surface area contributed by atoms with Gasteiger partial charge in [-0.25, -0.2) is 4.79 Å². The van der Waals surface area contributed by atoms with Crippen molar-refractivity contribution >= 4 is 11.9 Å². The number of rotatable bonds is 7. The second kappa shape index (κ2) is 9.78. The lowest BCUT2D eigenvalue weighted by Gasteiger charge is -2.34. The Labute approximate surface area is 177 Å². The average molecular weight is 415 g/mol. The van der Waals surface area contributed by atoms with E-state index in [1.54, 1.807) is 24.3 Å². The van der Waals surface area contributed by atoms with E-state index in [2.05, 4.69) is 24.3 Å². The first kappa shape index (κ1) is 21.9. The maximum absolute atomic E-state index is 12.4. The minimum Gasteiger partial charge on any atom is -0.489 e. The number of esters is 1. The molecule has 1 aliphatic carbocycles. The van der Waals surface area contributed by atoms with E-state index in [4.69, 9.17) is 14.0 Å². The molecule has 1 amide bonds. The number of hydrogen-bond acceptors (Lipinski definition) is 6. The van der Waals surface area contributed by atoms with Gasteiger partial charge in [0.25, 0.3) is 5.91 Å². The number of carbonyl (C=O) groups is 2. The maximum atomic E-state index is 12.4. The van der Waals surface area contributed by atoms with Gasteiger partial charge in [-0.05, 0) is 50.3 Å². The highest BCUT2D eigenvalue weighted by molar-refractivity contribution is 5.91. The van der Waals surface area contributed by atoms with Crippen molar-refractivity contribution < 1.29 is 23.6 Å². The van der Waals surface area contributed by atoms with E-state index in [0.29, 0.717) is 35.5 Å². The van der Waals surface area contributed by atoms with Gasteiger partial charge in [-0.1, -0.05) is 37.9 Å². The topological polar surface area (TPSA) is 90.7 Å². The van der Waals surface area contributed by atoms with Crippen molar-refractivity contribution in [1.29, 1.82) is 0 Å². The Balaban J connectivity index is 1.50. The first-order valence-corrected chi connectivity index (χ1v) is 10.5. The Bertz CT molecular complexity index is 872. The van der Waals surface area contributed by atoms with Gasteiger partial charge in [-0.15, -0.1) is 0 Å². The number of carbonyl (C=O) groups excluding carboxylic acids is 2. The molecule has 162 valence electrons. The first-order valence-electron chi connectivity index (χ1n) is 10.5. The van der Waals surface area contributed by atoms with Crippen molar-refractivity contribution in [3.8, 4) is 5.75 Å². The van der Waals surface area contributed by atoms with Crippen molar-refractivity contribution in [2.45, 2.75) is 59.6 Å². The predicted octanol–water partition coefficient (Wildman–Crippen LogP) is 3.97. The summed E-state index contributed by atoms with van der Waals surface area (Å²) in [5, 5.41) is 6.91. The summed E-state index contributed by atoms with van der Waals surface area (Å²) in [6.45, 7) is 8.05. The molecule has 1 aliphatic rings. The fourth-order valence-corrected chi connectivity index (χ4v) is 3.82. The van der Waals surface area contributed by atoms with Gasteiger partial charge in [0.15, 0.2) is 6.61 Å². The van der Waals surface area contributed by atoms with Crippen LogP contribution in [0.5, 0.6) is 5.75 Å². The zero-order valence-electron chi connectivity index (χ0n) is 18.1. The van der Waals surface area contributed by atoms with Crippen molar-refractivity contribution in [3.63, 3.8) is 0 Å². The van der Waals surface area contributed by atoms with Gasteiger partial charge in [0.1, 0.15) is 18.1 Å². The second-order valence-electron chi connectivity index (χ2n) is 8.14. The molecule has 30 heavy (non-hydrogen) atoms. The smallest absolute Gasteiger partial charge is 0.338 e. The summed E-state index contributed by atoms with van der Waals surface area (Å²) >= 11 is 0. The first-order chi connectivity index (χ1) is 14.3. The van der Waals surface area contributed by atoms with Gasteiger partial charge in [-0.3, -0.25) is 4.79 Å². The van der Waals surface area contributed by atoms with E-state index in [0.717, 1.165) is 24.1 Å². The Morgan fingerprint density at radius 2 is 2.03 bits per heavy atom. The molecular weight excluding hydrogens is 384 g/mol. The normalized spacial score (nSPS) is 21.1. The molecule has 1 saturated carbocycles. The van der Waals surface area contributed by atoms with Gasteiger partial charge >= 0.3 is 5.97 Å². The van der Waals surface area contributed by atoms with Gasteiger partial charge in [0.2, 0.25) is 0 Å². The summed E-state index contributed by atoms with van der Waals surface area (Å²) in [6.07, 6.45) is 3.27. The second-order valence-corrected chi connectivity index (χ2v) is 8.14. The number of benzene rings is 1. The molecule has 0 unspecified atom stereocenters. The number of ether oxygens (including phenoxy) is 2. The van der Waals surface area contributed by atoms with Crippen LogP contribution < -0.4 is 10.1 Å². The molecule has 1 heterocycles. The number of nitrogens with one attached hydrogen (secondary N) is 1. The molecule has 0 radical (unpaired) electrons. The fraction of sp³-hybridized carbons (Fsp3) is 0.522. The number of aromatic nitrogens is 1. The third kappa shape index (κ3) is 5.40. The minimum atomic E-state index is -0.557. The average Bonchev–Trinajstić information content (AvgIpc) is 3.05. The zero-order valence-corrected chi connectivity index (χ0v) is 18.1. The van der Waals surface area contributed by atoms with Crippen LogP contribution in [-0.4, -0.2) is 29.7 Å². The van der Waals surface area contributed by atoms with Crippen LogP contribution >= 0.6 is 0 Å². The third-order valence-electron chi connectivity index (χ3n) is 6.02. The van der Waals surface area contributed by atoms with E-state index in [1.807, 2.05) is 13.8 Å². The van der Waals surface area contributed by atoms with Crippen LogP contribution in [0.1, 0.15) is 60.5 Å². The van der Waals surface area contributed by atoms with Crippen molar-refractivity contribution in [2.24, 2.45) is 11.8 Å². The van der Waals surface area contributed by atoms with E-state index in [9.17, 15) is 9.59 Å². The maximum Gasteiger partial charge on any atom is 0.338 e. The third-order valence-corrected chi connectivity index (χ3v) is 6.02. The zero-order chi connectivity index (χ0) is 21.7. The highest BCUT2D eigenvalue weighted by Gasteiger charge is 2.28. The van der Waals surface area contributed by atoms with Crippen LogP contribution in [-0.2, 0) is 16.1 Å². The Morgan fingerprint density at radius 3 is 2.77 bits per heavy atom. The summed E-state index contributed by atoms with van der Waals surface area (Å²) in [5.41, 5.74) is 1.99. The van der Waals surface area contributed by atoms with Crippen LogP contribution in [0.3, 0.4) is 0 Å². The molecule has 2 aromatic rings. The van der Waals surface area contributed by atoms with Gasteiger partial charge in [-0.2, -0.15) is 0 Å². The minimum absolute atomic E-state index is 0.140. The van der Waals surface area contributed by atoms with Gasteiger partial charge in [0.05, 0.1) is 16.8 Å². The highest BCUT2D eigenvalue weighted by Crippen LogP contribution is 2.29. The highest BCUT2D eigenvalue weighted by atomic mass is 16.5. The quantitative estimate of drug-likeness (QED) is 0.690. The fourth-order valence-electron chi connectivity index (χ4n) is 3.82. The standard InChI is InChI=1S/C23H30N2O5/c1-14-7-5-10-21(15(14)2)24-22(26)13-29-23(27)18-8-6-9-19(11-18)28-12-20-16(3)25-30-17(20)4/h6,8-9,11,14-15,21H,5,7,10,12-13H2,1-4H3,(H,24,26)/t14-,15+,21-/m1/s1. The summed E-state index contributed by atoms with van der Waals surface area (Å²) in [5.74, 6) is 1.41. The van der Waals surface area contributed by atoms with Crippen LogP contribution in [0.25, 0.3) is 0 Å². The molecular formula is C23H30N2O5. The number of nitrogens with zero attached hydrogens (tertiary/aromatic N) is 1. The molecule has 3 rings (SSSR count). The molecule has 1 N–H and O–H groups in total. The Morgan fingerprint density at radius 1 is 1.23 bits per heavy atom. The molecule has 1 aromatic heterocycles. The number of aryl methyl sites for hydroxylation is 2. The Hall–Kier alpha value is -2.83. The number of hydrogen-bond donors (Lipinski definition) is 1.